The number of carbonyl (C=O) groups excluding carboxylic acids is 1. The first-order valence-electron chi connectivity index (χ1n) is 7.15. The summed E-state index contributed by atoms with van der Waals surface area (Å²) in [6, 6.07) is 2.11. The largest absolute Gasteiger partial charge is 0.480 e. The Kier molecular flexibility index (Phi) is 4.95. The van der Waals surface area contributed by atoms with E-state index in [1.165, 1.54) is 0 Å². The highest BCUT2D eigenvalue weighted by atomic mass is 16.5. The smallest absolute Gasteiger partial charge is 0.317 e. The van der Waals surface area contributed by atoms with E-state index >= 15 is 0 Å². The highest BCUT2D eigenvalue weighted by Crippen LogP contribution is 2.25. The van der Waals surface area contributed by atoms with Crippen LogP contribution in [0.4, 0.5) is 0 Å². The molecule has 2 N–H and O–H groups in total. The molecular weight excluding hydrogens is 274 g/mol. The molecule has 0 spiro atoms. The lowest BCUT2D eigenvalue weighted by Gasteiger charge is -2.42. The van der Waals surface area contributed by atoms with Crippen molar-refractivity contribution >= 4 is 11.9 Å². The Morgan fingerprint density at radius 3 is 2.76 bits per heavy atom. The zero-order valence-corrected chi connectivity index (χ0v) is 12.3. The summed E-state index contributed by atoms with van der Waals surface area (Å²) < 4.78 is 4.92. The molecule has 1 aromatic heterocycles. The highest BCUT2D eigenvalue weighted by molar-refractivity contribution is 5.78. The number of nitrogens with one attached hydrogen (secondary N) is 1. The molecule has 21 heavy (non-hydrogen) atoms. The topological polar surface area (TPSA) is 95.7 Å². The quantitative estimate of drug-likeness (QED) is 0.764. The summed E-state index contributed by atoms with van der Waals surface area (Å²) in [6.45, 7) is 4.49. The lowest BCUT2D eigenvalue weighted by atomic mass is 9.85. The van der Waals surface area contributed by atoms with Crippen LogP contribution in [-0.4, -0.2) is 52.2 Å². The first kappa shape index (κ1) is 15.5. The van der Waals surface area contributed by atoms with Crippen molar-refractivity contribution in [2.24, 2.45) is 0 Å². The molecule has 1 amide bonds. The van der Waals surface area contributed by atoms with Crippen molar-refractivity contribution < 1.29 is 19.2 Å². The first-order chi connectivity index (χ1) is 9.97. The maximum atomic E-state index is 11.8. The highest BCUT2D eigenvalue weighted by Gasteiger charge is 2.34. The molecule has 2 rings (SSSR count). The first-order valence-corrected chi connectivity index (χ1v) is 7.15. The number of aliphatic carboxylic acids is 1. The Bertz CT molecular complexity index is 508. The number of likely N-dealkylation sites (N-methyl/N-ethyl adjacent to an activating group) is 1. The lowest BCUT2D eigenvalue weighted by molar-refractivity contribution is -0.139. The van der Waals surface area contributed by atoms with Gasteiger partial charge in [0, 0.05) is 18.2 Å². The number of carbonyl (C=O) groups is 2. The van der Waals surface area contributed by atoms with Crippen molar-refractivity contribution in [1.29, 1.82) is 0 Å². The van der Waals surface area contributed by atoms with Crippen LogP contribution in [0, 0.1) is 6.92 Å². The van der Waals surface area contributed by atoms with Crippen LogP contribution in [0.3, 0.4) is 0 Å². The molecule has 0 unspecified atom stereocenters. The maximum Gasteiger partial charge on any atom is 0.317 e. The number of hydrogen-bond donors (Lipinski definition) is 2. The molecule has 1 aliphatic rings. The molecule has 7 heteroatoms. The number of hydrogen-bond acceptors (Lipinski definition) is 5. The van der Waals surface area contributed by atoms with E-state index in [1.54, 1.807) is 13.0 Å². The molecular formula is C14H21N3O4. The minimum atomic E-state index is -0.814. The van der Waals surface area contributed by atoms with Gasteiger partial charge in [-0.15, -0.1) is 0 Å². The van der Waals surface area contributed by atoms with Gasteiger partial charge in [0.15, 0.2) is 0 Å². The Morgan fingerprint density at radius 2 is 2.24 bits per heavy atom. The zero-order chi connectivity index (χ0) is 15.4. The van der Waals surface area contributed by atoms with Crippen molar-refractivity contribution in [1.82, 2.24) is 15.4 Å². The van der Waals surface area contributed by atoms with Crippen LogP contribution in [0.1, 0.15) is 31.2 Å². The van der Waals surface area contributed by atoms with Gasteiger partial charge in [0.25, 0.3) is 0 Å². The summed E-state index contributed by atoms with van der Waals surface area (Å²) in [4.78, 5) is 24.5. The standard InChI is InChI=1S/C14H21N3O4/c1-3-17(8-14(19)20)12-5-10(6-12)15-13(18)7-11-4-9(2)21-16-11/h4,10,12H,3,5-8H2,1-2H3,(H,15,18)(H,19,20). The van der Waals surface area contributed by atoms with Crippen molar-refractivity contribution in [2.75, 3.05) is 13.1 Å². The number of nitrogens with zero attached hydrogens (tertiary/aromatic N) is 2. The number of rotatable bonds is 7. The second-order valence-corrected chi connectivity index (χ2v) is 5.45. The minimum absolute atomic E-state index is 0.0556. The average Bonchev–Trinajstić information content (AvgIpc) is 2.76. The summed E-state index contributed by atoms with van der Waals surface area (Å²) in [7, 11) is 0. The van der Waals surface area contributed by atoms with Gasteiger partial charge in [-0.2, -0.15) is 0 Å². The number of aromatic nitrogens is 1. The molecule has 0 bridgehead atoms. The third-order valence-electron chi connectivity index (χ3n) is 3.76. The summed E-state index contributed by atoms with van der Waals surface area (Å²) in [5, 5.41) is 15.6. The molecule has 0 aromatic carbocycles. The number of carboxylic acids is 1. The molecule has 0 aliphatic heterocycles. The van der Waals surface area contributed by atoms with Crippen molar-refractivity contribution in [2.45, 2.75) is 45.2 Å². The second kappa shape index (κ2) is 6.71. The minimum Gasteiger partial charge on any atom is -0.480 e. The molecule has 0 atom stereocenters. The molecule has 116 valence electrons. The van der Waals surface area contributed by atoms with Gasteiger partial charge >= 0.3 is 5.97 Å². The molecule has 0 saturated heterocycles. The fourth-order valence-corrected chi connectivity index (χ4v) is 2.62. The molecule has 1 heterocycles. The van der Waals surface area contributed by atoms with E-state index in [0.29, 0.717) is 18.0 Å². The van der Waals surface area contributed by atoms with Gasteiger partial charge in [-0.1, -0.05) is 12.1 Å². The maximum absolute atomic E-state index is 11.8. The SMILES string of the molecule is CCN(CC(=O)O)C1CC(NC(=O)Cc2cc(C)on2)C1. The van der Waals surface area contributed by atoms with Gasteiger partial charge < -0.3 is 14.9 Å². The van der Waals surface area contributed by atoms with Crippen LogP contribution in [0.15, 0.2) is 10.6 Å². The van der Waals surface area contributed by atoms with Gasteiger partial charge in [-0.05, 0) is 26.3 Å². The average molecular weight is 295 g/mol. The Hall–Kier alpha value is -1.89. The van der Waals surface area contributed by atoms with Crippen molar-refractivity contribution in [3.05, 3.63) is 17.5 Å². The van der Waals surface area contributed by atoms with E-state index < -0.39 is 5.97 Å². The number of aryl methyl sites for hydroxylation is 1. The summed E-state index contributed by atoms with van der Waals surface area (Å²) in [5.41, 5.74) is 0.627. The van der Waals surface area contributed by atoms with Crippen LogP contribution in [0.25, 0.3) is 0 Å². The Balaban J connectivity index is 1.72. The summed E-state index contributed by atoms with van der Waals surface area (Å²) in [6.07, 6.45) is 1.81. The molecule has 0 radical (unpaired) electrons. The van der Waals surface area contributed by atoms with Gasteiger partial charge in [-0.3, -0.25) is 14.5 Å². The van der Waals surface area contributed by atoms with E-state index in [1.807, 2.05) is 11.8 Å². The van der Waals surface area contributed by atoms with Gasteiger partial charge in [0.1, 0.15) is 5.76 Å². The van der Waals surface area contributed by atoms with Crippen LogP contribution in [0.2, 0.25) is 0 Å². The summed E-state index contributed by atoms with van der Waals surface area (Å²) >= 11 is 0. The monoisotopic (exact) mass is 295 g/mol. The van der Waals surface area contributed by atoms with Crippen LogP contribution in [-0.2, 0) is 16.0 Å². The number of carboxylic acid groups (broad SMARTS) is 1. The van der Waals surface area contributed by atoms with Crippen LogP contribution in [0.5, 0.6) is 0 Å². The third-order valence-corrected chi connectivity index (χ3v) is 3.76. The normalized spacial score (nSPS) is 21.1. The molecule has 1 fully saturated rings. The van der Waals surface area contributed by atoms with Gasteiger partial charge in [0.2, 0.25) is 5.91 Å². The van der Waals surface area contributed by atoms with Crippen LogP contribution < -0.4 is 5.32 Å². The van der Waals surface area contributed by atoms with E-state index in [0.717, 1.165) is 12.8 Å². The fourth-order valence-electron chi connectivity index (χ4n) is 2.62. The van der Waals surface area contributed by atoms with Crippen molar-refractivity contribution in [3.8, 4) is 0 Å². The molecule has 1 aromatic rings. The zero-order valence-electron chi connectivity index (χ0n) is 12.3. The molecule has 1 aliphatic carbocycles. The van der Waals surface area contributed by atoms with E-state index in [9.17, 15) is 9.59 Å². The summed E-state index contributed by atoms with van der Waals surface area (Å²) in [5.74, 6) is -0.201. The van der Waals surface area contributed by atoms with E-state index in [4.69, 9.17) is 9.63 Å². The lowest BCUT2D eigenvalue weighted by Crippen LogP contribution is -2.55. The van der Waals surface area contributed by atoms with Crippen molar-refractivity contribution in [3.63, 3.8) is 0 Å². The Morgan fingerprint density at radius 1 is 1.52 bits per heavy atom. The fraction of sp³-hybridized carbons (Fsp3) is 0.643. The third kappa shape index (κ3) is 4.29. The molecule has 1 saturated carbocycles. The van der Waals surface area contributed by atoms with E-state index in [-0.39, 0.29) is 31.0 Å². The van der Waals surface area contributed by atoms with Gasteiger partial charge in [-0.25, -0.2) is 0 Å². The predicted molar refractivity (Wildman–Crippen MR) is 74.8 cm³/mol. The van der Waals surface area contributed by atoms with Gasteiger partial charge in [0.05, 0.1) is 18.7 Å². The predicted octanol–water partition coefficient (Wildman–Crippen LogP) is 0.579. The Labute approximate surface area is 123 Å². The number of amides is 1. The molecule has 7 nitrogen and oxygen atoms in total. The van der Waals surface area contributed by atoms with Crippen LogP contribution >= 0.6 is 0 Å². The van der Waals surface area contributed by atoms with E-state index in [2.05, 4.69) is 10.5 Å². The second-order valence-electron chi connectivity index (χ2n) is 5.45.